The van der Waals surface area contributed by atoms with E-state index in [1.54, 1.807) is 14.0 Å². The molecule has 1 atom stereocenters. The van der Waals surface area contributed by atoms with Crippen LogP contribution >= 0.6 is 0 Å². The summed E-state index contributed by atoms with van der Waals surface area (Å²) in [6.07, 6.45) is 1.29. The molecule has 2 heterocycles. The van der Waals surface area contributed by atoms with E-state index in [0.29, 0.717) is 11.7 Å². The SMILES string of the molecule is COc1ccc(OC(C)C(=O)N2CCC(c3nc4ccc(C)cc4[nH]3)CC2)cc1. The van der Waals surface area contributed by atoms with Crippen molar-refractivity contribution in [2.45, 2.75) is 38.7 Å². The Labute approximate surface area is 170 Å². The lowest BCUT2D eigenvalue weighted by Crippen LogP contribution is -2.44. The summed E-state index contributed by atoms with van der Waals surface area (Å²) in [4.78, 5) is 22.9. The molecule has 4 rings (SSSR count). The Morgan fingerprint density at radius 2 is 1.83 bits per heavy atom. The van der Waals surface area contributed by atoms with Crippen molar-refractivity contribution < 1.29 is 14.3 Å². The zero-order valence-corrected chi connectivity index (χ0v) is 17.1. The average molecular weight is 393 g/mol. The minimum absolute atomic E-state index is 0.0273. The number of carbonyl (C=O) groups is 1. The van der Waals surface area contributed by atoms with Gasteiger partial charge in [0.15, 0.2) is 6.10 Å². The van der Waals surface area contributed by atoms with Crippen molar-refractivity contribution in [2.75, 3.05) is 20.2 Å². The Kier molecular flexibility index (Phi) is 5.43. The molecule has 0 saturated carbocycles. The lowest BCUT2D eigenvalue weighted by Gasteiger charge is -2.32. The Balaban J connectivity index is 1.34. The lowest BCUT2D eigenvalue weighted by molar-refractivity contribution is -0.139. The van der Waals surface area contributed by atoms with Gasteiger partial charge >= 0.3 is 0 Å². The van der Waals surface area contributed by atoms with E-state index in [9.17, 15) is 4.79 Å². The molecule has 152 valence electrons. The van der Waals surface area contributed by atoms with E-state index in [0.717, 1.165) is 48.5 Å². The fourth-order valence-electron chi connectivity index (χ4n) is 3.88. The molecule has 1 aliphatic rings. The number of ether oxygens (including phenoxy) is 2. The van der Waals surface area contributed by atoms with Gasteiger partial charge < -0.3 is 19.4 Å². The Hall–Kier alpha value is -3.02. The van der Waals surface area contributed by atoms with Gasteiger partial charge in [0, 0.05) is 19.0 Å². The fraction of sp³-hybridized carbons (Fsp3) is 0.391. The molecule has 6 heteroatoms. The number of amides is 1. The summed E-state index contributed by atoms with van der Waals surface area (Å²) in [6, 6.07) is 13.6. The molecule has 1 unspecified atom stereocenters. The van der Waals surface area contributed by atoms with Gasteiger partial charge in [-0.3, -0.25) is 4.79 Å². The highest BCUT2D eigenvalue weighted by Crippen LogP contribution is 2.28. The van der Waals surface area contributed by atoms with Crippen LogP contribution in [0.5, 0.6) is 11.5 Å². The van der Waals surface area contributed by atoms with Crippen molar-refractivity contribution in [3.63, 3.8) is 0 Å². The fourth-order valence-corrected chi connectivity index (χ4v) is 3.88. The molecular formula is C23H27N3O3. The first-order chi connectivity index (χ1) is 14.0. The summed E-state index contributed by atoms with van der Waals surface area (Å²) in [5, 5.41) is 0. The van der Waals surface area contributed by atoms with E-state index in [-0.39, 0.29) is 5.91 Å². The van der Waals surface area contributed by atoms with Crippen LogP contribution in [0, 0.1) is 6.92 Å². The number of rotatable bonds is 5. The summed E-state index contributed by atoms with van der Waals surface area (Å²) in [6.45, 7) is 5.32. The molecule has 1 aromatic heterocycles. The molecule has 0 bridgehead atoms. The molecule has 1 fully saturated rings. The molecule has 0 aliphatic carbocycles. The number of aryl methyl sites for hydroxylation is 1. The highest BCUT2D eigenvalue weighted by atomic mass is 16.5. The number of fused-ring (bicyclic) bond motifs is 1. The van der Waals surface area contributed by atoms with Crippen LogP contribution in [0.15, 0.2) is 42.5 Å². The summed E-state index contributed by atoms with van der Waals surface area (Å²) < 4.78 is 11.0. The van der Waals surface area contributed by atoms with E-state index in [1.807, 2.05) is 29.2 Å². The van der Waals surface area contributed by atoms with Gasteiger partial charge in [-0.2, -0.15) is 0 Å². The van der Waals surface area contributed by atoms with E-state index in [1.165, 1.54) is 5.56 Å². The van der Waals surface area contributed by atoms with Crippen molar-refractivity contribution in [3.8, 4) is 11.5 Å². The van der Waals surface area contributed by atoms with Gasteiger partial charge in [0.05, 0.1) is 18.1 Å². The Bertz CT molecular complexity index is 988. The van der Waals surface area contributed by atoms with Crippen LogP contribution in [0.1, 0.15) is 37.1 Å². The number of nitrogens with one attached hydrogen (secondary N) is 1. The van der Waals surface area contributed by atoms with Gasteiger partial charge in [-0.25, -0.2) is 4.98 Å². The molecule has 3 aromatic rings. The molecule has 1 amide bonds. The molecule has 1 aliphatic heterocycles. The predicted octanol–water partition coefficient (Wildman–Crippen LogP) is 4.05. The van der Waals surface area contributed by atoms with E-state index in [4.69, 9.17) is 14.5 Å². The number of likely N-dealkylation sites (tertiary alicyclic amines) is 1. The number of aromatic nitrogens is 2. The van der Waals surface area contributed by atoms with E-state index >= 15 is 0 Å². The average Bonchev–Trinajstić information content (AvgIpc) is 3.17. The maximum absolute atomic E-state index is 12.8. The second-order valence-electron chi connectivity index (χ2n) is 7.68. The number of hydrogen-bond acceptors (Lipinski definition) is 4. The Morgan fingerprint density at radius 1 is 1.14 bits per heavy atom. The molecule has 29 heavy (non-hydrogen) atoms. The molecule has 0 spiro atoms. The zero-order valence-electron chi connectivity index (χ0n) is 17.1. The standard InChI is InChI=1S/C23H27N3O3/c1-15-4-9-20-21(14-15)25-22(24-20)17-10-12-26(13-11-17)23(27)16(2)29-19-7-5-18(28-3)6-8-19/h4-9,14,16-17H,10-13H2,1-3H3,(H,24,25). The minimum atomic E-state index is -0.519. The molecule has 0 radical (unpaired) electrons. The van der Waals surface area contributed by atoms with Gasteiger partial charge in [0.25, 0.3) is 5.91 Å². The van der Waals surface area contributed by atoms with Crippen molar-refractivity contribution in [1.29, 1.82) is 0 Å². The smallest absolute Gasteiger partial charge is 0.263 e. The second-order valence-corrected chi connectivity index (χ2v) is 7.68. The third-order valence-corrected chi connectivity index (χ3v) is 5.57. The number of piperidine rings is 1. The maximum atomic E-state index is 12.8. The number of benzene rings is 2. The zero-order chi connectivity index (χ0) is 20.4. The number of hydrogen-bond donors (Lipinski definition) is 1. The second kappa shape index (κ2) is 8.15. The number of imidazole rings is 1. The molecule has 2 aromatic carbocycles. The summed E-state index contributed by atoms with van der Waals surface area (Å²) in [5.41, 5.74) is 3.31. The largest absolute Gasteiger partial charge is 0.497 e. The van der Waals surface area contributed by atoms with Crippen molar-refractivity contribution in [2.24, 2.45) is 0 Å². The predicted molar refractivity (Wildman–Crippen MR) is 112 cm³/mol. The van der Waals surface area contributed by atoms with Crippen LogP contribution < -0.4 is 9.47 Å². The van der Waals surface area contributed by atoms with Crippen molar-refractivity contribution in [1.82, 2.24) is 14.9 Å². The van der Waals surface area contributed by atoms with Crippen LogP contribution in [0.25, 0.3) is 11.0 Å². The number of aromatic amines is 1. The van der Waals surface area contributed by atoms with Crippen LogP contribution in [0.3, 0.4) is 0 Å². The third kappa shape index (κ3) is 4.21. The molecule has 6 nitrogen and oxygen atoms in total. The van der Waals surface area contributed by atoms with Crippen LogP contribution in [0.2, 0.25) is 0 Å². The van der Waals surface area contributed by atoms with Crippen LogP contribution in [0.4, 0.5) is 0 Å². The van der Waals surface area contributed by atoms with E-state index in [2.05, 4.69) is 30.1 Å². The van der Waals surface area contributed by atoms with Gasteiger partial charge in [-0.05, 0) is 68.7 Å². The van der Waals surface area contributed by atoms with Crippen LogP contribution in [-0.2, 0) is 4.79 Å². The van der Waals surface area contributed by atoms with Gasteiger partial charge in [-0.15, -0.1) is 0 Å². The quantitative estimate of drug-likeness (QED) is 0.710. The topological polar surface area (TPSA) is 67.5 Å². The van der Waals surface area contributed by atoms with Gasteiger partial charge in [0.2, 0.25) is 0 Å². The highest BCUT2D eigenvalue weighted by molar-refractivity contribution is 5.81. The highest BCUT2D eigenvalue weighted by Gasteiger charge is 2.29. The van der Waals surface area contributed by atoms with Crippen molar-refractivity contribution in [3.05, 3.63) is 53.9 Å². The summed E-state index contributed by atoms with van der Waals surface area (Å²) in [7, 11) is 1.62. The lowest BCUT2D eigenvalue weighted by atomic mass is 9.96. The van der Waals surface area contributed by atoms with Gasteiger partial charge in [-0.1, -0.05) is 6.07 Å². The van der Waals surface area contributed by atoms with Gasteiger partial charge in [0.1, 0.15) is 17.3 Å². The number of H-pyrrole nitrogens is 1. The maximum Gasteiger partial charge on any atom is 0.263 e. The third-order valence-electron chi connectivity index (χ3n) is 5.57. The first-order valence-corrected chi connectivity index (χ1v) is 10.1. The first kappa shape index (κ1) is 19.3. The Morgan fingerprint density at radius 3 is 2.52 bits per heavy atom. The summed E-state index contributed by atoms with van der Waals surface area (Å²) >= 11 is 0. The van der Waals surface area contributed by atoms with Crippen molar-refractivity contribution >= 4 is 16.9 Å². The number of carbonyl (C=O) groups excluding carboxylic acids is 1. The van der Waals surface area contributed by atoms with Crippen LogP contribution in [-0.4, -0.2) is 47.1 Å². The minimum Gasteiger partial charge on any atom is -0.497 e. The van der Waals surface area contributed by atoms with E-state index < -0.39 is 6.10 Å². The number of methoxy groups -OCH3 is 1. The molecular weight excluding hydrogens is 366 g/mol. The number of nitrogens with zero attached hydrogens (tertiary/aromatic N) is 2. The molecule has 1 saturated heterocycles. The monoisotopic (exact) mass is 393 g/mol. The first-order valence-electron chi connectivity index (χ1n) is 10.1. The molecule has 1 N–H and O–H groups in total. The summed E-state index contributed by atoms with van der Waals surface area (Å²) in [5.74, 6) is 2.84. The normalized spacial score (nSPS) is 16.0.